The van der Waals surface area contributed by atoms with Crippen LogP contribution in [0, 0.1) is 10.7 Å². The lowest BCUT2D eigenvalue weighted by atomic mass is 10.1. The quantitative estimate of drug-likeness (QED) is 0.191. The van der Waals surface area contributed by atoms with Gasteiger partial charge in [0.05, 0.1) is 14.9 Å². The molecular formula is C12H13I3N2O6. The molecule has 2 amide bonds. The van der Waals surface area contributed by atoms with Crippen LogP contribution in [0.1, 0.15) is 5.56 Å². The Morgan fingerprint density at radius 3 is 1.57 bits per heavy atom. The van der Waals surface area contributed by atoms with Gasteiger partial charge in [-0.1, -0.05) is 0 Å². The molecule has 0 fully saturated rings. The van der Waals surface area contributed by atoms with Gasteiger partial charge in [0.15, 0.2) is 6.29 Å². The molecule has 0 aromatic heterocycles. The number of hydrogen-bond donors (Lipinski definition) is 6. The van der Waals surface area contributed by atoms with E-state index >= 15 is 0 Å². The number of aliphatic hydroxyl groups excluding tert-OH is 3. The Labute approximate surface area is 172 Å². The van der Waals surface area contributed by atoms with E-state index in [0.29, 0.717) is 27.6 Å². The summed E-state index contributed by atoms with van der Waals surface area (Å²) in [5, 5.41) is 41.3. The van der Waals surface area contributed by atoms with Crippen molar-refractivity contribution in [2.24, 2.45) is 0 Å². The monoisotopic (exact) mass is 662 g/mol. The molecule has 1 aromatic carbocycles. The minimum Gasteiger partial charge on any atom is -0.387 e. The Kier molecular flexibility index (Phi) is 8.88. The molecule has 0 spiro atoms. The van der Waals surface area contributed by atoms with Gasteiger partial charge < -0.3 is 31.1 Å². The Morgan fingerprint density at radius 2 is 1.26 bits per heavy atom. The Morgan fingerprint density at radius 1 is 0.870 bits per heavy atom. The average Bonchev–Trinajstić information content (AvgIpc) is 2.51. The van der Waals surface area contributed by atoms with Crippen LogP contribution in [0.3, 0.4) is 0 Å². The van der Waals surface area contributed by atoms with E-state index in [9.17, 15) is 19.8 Å². The maximum Gasteiger partial charge on any atom is 0.250 e. The first-order chi connectivity index (χ1) is 10.7. The van der Waals surface area contributed by atoms with E-state index in [4.69, 9.17) is 10.2 Å². The summed E-state index contributed by atoms with van der Waals surface area (Å²) in [6, 6.07) is 0. The SMILES string of the molecule is O=C(CO)Nc1c(I)c(CC(O)O)c(I)c(NC(=O)CO)c1I. The average molecular weight is 662 g/mol. The van der Waals surface area contributed by atoms with Crippen LogP contribution in [0.5, 0.6) is 0 Å². The molecule has 0 saturated carbocycles. The number of benzene rings is 1. The number of carbonyl (C=O) groups is 2. The summed E-state index contributed by atoms with van der Waals surface area (Å²) < 4.78 is 1.62. The first-order valence-corrected chi connectivity index (χ1v) is 9.33. The number of carbonyl (C=O) groups excluding carboxylic acids is 2. The van der Waals surface area contributed by atoms with Gasteiger partial charge in [-0.15, -0.1) is 0 Å². The topological polar surface area (TPSA) is 139 Å². The van der Waals surface area contributed by atoms with E-state index in [-0.39, 0.29) is 6.42 Å². The van der Waals surface area contributed by atoms with Gasteiger partial charge in [0.2, 0.25) is 11.8 Å². The zero-order valence-corrected chi connectivity index (χ0v) is 17.9. The van der Waals surface area contributed by atoms with Gasteiger partial charge >= 0.3 is 0 Å². The number of halogens is 3. The molecule has 0 aliphatic rings. The van der Waals surface area contributed by atoms with E-state index in [0.717, 1.165) is 0 Å². The smallest absolute Gasteiger partial charge is 0.250 e. The summed E-state index contributed by atoms with van der Waals surface area (Å²) in [6.07, 6.45) is -1.72. The van der Waals surface area contributed by atoms with Crippen LogP contribution in [0.2, 0.25) is 0 Å². The van der Waals surface area contributed by atoms with Crippen LogP contribution >= 0.6 is 67.8 Å². The second-order valence-corrected chi connectivity index (χ2v) is 7.50. The molecule has 23 heavy (non-hydrogen) atoms. The third kappa shape index (κ3) is 5.60. The third-order valence-electron chi connectivity index (χ3n) is 2.61. The predicted octanol–water partition coefficient (Wildman–Crippen LogP) is 0.215. The molecule has 1 aromatic rings. The van der Waals surface area contributed by atoms with Crippen molar-refractivity contribution in [3.63, 3.8) is 0 Å². The molecule has 11 heteroatoms. The maximum absolute atomic E-state index is 11.5. The van der Waals surface area contributed by atoms with Crippen LogP contribution in [0.15, 0.2) is 0 Å². The highest BCUT2D eigenvalue weighted by Gasteiger charge is 2.23. The van der Waals surface area contributed by atoms with Crippen molar-refractivity contribution in [1.82, 2.24) is 0 Å². The number of amides is 2. The maximum atomic E-state index is 11.5. The number of hydrogen-bond acceptors (Lipinski definition) is 6. The molecule has 0 aliphatic heterocycles. The molecule has 128 valence electrons. The molecule has 0 aliphatic carbocycles. The summed E-state index contributed by atoms with van der Waals surface area (Å²) >= 11 is 5.80. The van der Waals surface area contributed by atoms with Gasteiger partial charge in [-0.3, -0.25) is 9.59 Å². The molecule has 0 radical (unpaired) electrons. The fourth-order valence-electron chi connectivity index (χ4n) is 1.66. The second kappa shape index (κ2) is 9.62. The van der Waals surface area contributed by atoms with Gasteiger partial charge in [0.25, 0.3) is 0 Å². The largest absolute Gasteiger partial charge is 0.387 e. The molecule has 8 nitrogen and oxygen atoms in total. The Hall–Kier alpha value is 0.190. The van der Waals surface area contributed by atoms with Crippen molar-refractivity contribution in [3.8, 4) is 0 Å². The Bertz CT molecular complexity index is 578. The van der Waals surface area contributed by atoms with Crippen LogP contribution in [-0.4, -0.2) is 51.7 Å². The Balaban J connectivity index is 3.52. The summed E-state index contributed by atoms with van der Waals surface area (Å²) in [5.74, 6) is -1.28. The molecule has 6 N–H and O–H groups in total. The molecule has 0 saturated heterocycles. The zero-order chi connectivity index (χ0) is 17.7. The minimum absolute atomic E-state index is 0.114. The number of anilines is 2. The van der Waals surface area contributed by atoms with Crippen molar-refractivity contribution in [3.05, 3.63) is 16.3 Å². The van der Waals surface area contributed by atoms with E-state index in [1.54, 1.807) is 0 Å². The highest BCUT2D eigenvalue weighted by atomic mass is 127. The van der Waals surface area contributed by atoms with Crippen molar-refractivity contribution in [1.29, 1.82) is 0 Å². The van der Waals surface area contributed by atoms with Crippen molar-refractivity contribution in [2.45, 2.75) is 12.7 Å². The second-order valence-electron chi connectivity index (χ2n) is 4.27. The van der Waals surface area contributed by atoms with Crippen LogP contribution in [-0.2, 0) is 16.0 Å². The van der Waals surface area contributed by atoms with E-state index < -0.39 is 31.3 Å². The highest BCUT2D eigenvalue weighted by Crippen LogP contribution is 2.39. The summed E-state index contributed by atoms with van der Waals surface area (Å²) in [4.78, 5) is 23.0. The van der Waals surface area contributed by atoms with Gasteiger partial charge in [0, 0.05) is 13.6 Å². The van der Waals surface area contributed by atoms with E-state index in [2.05, 4.69) is 10.6 Å². The summed E-state index contributed by atoms with van der Waals surface area (Å²) in [7, 11) is 0. The number of aliphatic hydroxyl groups is 4. The third-order valence-corrected chi connectivity index (χ3v) is 6.07. The van der Waals surface area contributed by atoms with Gasteiger partial charge in [-0.2, -0.15) is 0 Å². The van der Waals surface area contributed by atoms with Crippen molar-refractivity contribution >= 4 is 91.0 Å². The normalized spacial score (nSPS) is 10.8. The fourth-order valence-corrected chi connectivity index (χ4v) is 5.80. The number of rotatable bonds is 6. The lowest BCUT2D eigenvalue weighted by Gasteiger charge is -2.20. The van der Waals surface area contributed by atoms with Crippen molar-refractivity contribution in [2.75, 3.05) is 23.8 Å². The van der Waals surface area contributed by atoms with Crippen LogP contribution < -0.4 is 10.6 Å². The molecule has 1 rings (SSSR count). The van der Waals surface area contributed by atoms with Crippen molar-refractivity contribution < 1.29 is 30.0 Å². The predicted molar refractivity (Wildman–Crippen MR) is 108 cm³/mol. The number of nitrogens with one attached hydrogen (secondary N) is 2. The molecule has 0 unspecified atom stereocenters. The molecular weight excluding hydrogens is 649 g/mol. The van der Waals surface area contributed by atoms with Gasteiger partial charge in [0.1, 0.15) is 13.2 Å². The van der Waals surface area contributed by atoms with Gasteiger partial charge in [-0.05, 0) is 73.3 Å². The molecule has 0 bridgehead atoms. The fraction of sp³-hybridized carbons (Fsp3) is 0.333. The zero-order valence-electron chi connectivity index (χ0n) is 11.4. The summed E-state index contributed by atoms with van der Waals surface area (Å²) in [5.41, 5.74) is 1.20. The standard InChI is InChI=1S/C12H13I3N2O6/c13-8-4(1-7(22)23)9(14)12(17-6(21)3-19)10(15)11(8)16-5(20)2-18/h7,18-19,22-23H,1-3H2,(H,16,20)(H,17,21). The lowest BCUT2D eigenvalue weighted by Crippen LogP contribution is -2.23. The first-order valence-electron chi connectivity index (χ1n) is 6.09. The molecule has 0 atom stereocenters. The van der Waals surface area contributed by atoms with Crippen LogP contribution in [0.4, 0.5) is 11.4 Å². The lowest BCUT2D eigenvalue weighted by molar-refractivity contribution is -0.119. The minimum atomic E-state index is -1.61. The van der Waals surface area contributed by atoms with Crippen LogP contribution in [0.25, 0.3) is 0 Å². The highest BCUT2D eigenvalue weighted by molar-refractivity contribution is 14.1. The first kappa shape index (κ1) is 21.2. The molecule has 0 heterocycles. The summed E-state index contributed by atoms with van der Waals surface area (Å²) in [6.45, 7) is -1.43. The van der Waals surface area contributed by atoms with Gasteiger partial charge in [-0.25, -0.2) is 0 Å². The van der Waals surface area contributed by atoms with E-state index in [1.807, 2.05) is 67.8 Å². The van der Waals surface area contributed by atoms with E-state index in [1.165, 1.54) is 0 Å².